The van der Waals surface area contributed by atoms with Crippen molar-refractivity contribution in [3.63, 3.8) is 0 Å². The predicted octanol–water partition coefficient (Wildman–Crippen LogP) is 7.22. The van der Waals surface area contributed by atoms with Crippen LogP contribution in [0, 0.1) is 17.2 Å². The summed E-state index contributed by atoms with van der Waals surface area (Å²) in [5.74, 6) is 0.753. The topological polar surface area (TPSA) is 137 Å². The van der Waals surface area contributed by atoms with Crippen LogP contribution in [-0.4, -0.2) is 65.0 Å². The van der Waals surface area contributed by atoms with E-state index >= 15 is 0 Å². The lowest BCUT2D eigenvalue weighted by Gasteiger charge is -2.29. The fourth-order valence-electron chi connectivity index (χ4n) is 6.81. The van der Waals surface area contributed by atoms with E-state index in [4.69, 9.17) is 37.4 Å². The van der Waals surface area contributed by atoms with Crippen LogP contribution in [0.5, 0.6) is 17.2 Å². The van der Waals surface area contributed by atoms with Gasteiger partial charge in [-0.2, -0.15) is 5.26 Å². The maximum absolute atomic E-state index is 11.8. The van der Waals surface area contributed by atoms with Gasteiger partial charge in [-0.15, -0.1) is 0 Å². The van der Waals surface area contributed by atoms with Crippen LogP contribution in [0.2, 0.25) is 10.0 Å². The SMILES string of the molecule is CN1CCC[C@H](COc2cccc(-c3cccc4c3CC[C@H]4Oc3cc(OCc4cncc(C#N)c4)c(CN[C@](C)(CO)C(=O)O)cc3Cl)c2Cl)C1. The number of pyridine rings is 1. The molecule has 0 spiro atoms. The molecule has 0 saturated carbocycles. The van der Waals surface area contributed by atoms with Crippen LogP contribution in [0.1, 0.15) is 60.1 Å². The minimum absolute atomic E-state index is 0.0338. The van der Waals surface area contributed by atoms with Crippen LogP contribution in [0.3, 0.4) is 0 Å². The Hall–Kier alpha value is -4.37. The maximum atomic E-state index is 11.8. The van der Waals surface area contributed by atoms with Crippen molar-refractivity contribution in [2.75, 3.05) is 33.4 Å². The molecular weight excluding hydrogens is 703 g/mol. The van der Waals surface area contributed by atoms with Gasteiger partial charge in [-0.25, -0.2) is 0 Å². The molecule has 1 aliphatic carbocycles. The molecule has 3 aromatic carbocycles. The molecule has 2 heterocycles. The van der Waals surface area contributed by atoms with E-state index in [0.717, 1.165) is 48.2 Å². The molecule has 52 heavy (non-hydrogen) atoms. The Balaban J connectivity index is 1.24. The number of fused-ring (bicyclic) bond motifs is 1. The summed E-state index contributed by atoms with van der Waals surface area (Å²) >= 11 is 13.8. The summed E-state index contributed by atoms with van der Waals surface area (Å²) in [7, 11) is 2.15. The van der Waals surface area contributed by atoms with Gasteiger partial charge in [0.1, 0.15) is 41.6 Å². The van der Waals surface area contributed by atoms with Gasteiger partial charge in [0.05, 0.1) is 28.8 Å². The number of piperidine rings is 1. The minimum atomic E-state index is -1.59. The molecular formula is C40H42Cl2N4O6. The van der Waals surface area contributed by atoms with Crippen LogP contribution >= 0.6 is 23.2 Å². The van der Waals surface area contributed by atoms with Gasteiger partial charge in [0, 0.05) is 54.2 Å². The lowest BCUT2D eigenvalue weighted by atomic mass is 9.96. The van der Waals surface area contributed by atoms with E-state index < -0.39 is 18.1 Å². The highest BCUT2D eigenvalue weighted by atomic mass is 35.5. The van der Waals surface area contributed by atoms with E-state index in [1.54, 1.807) is 24.4 Å². The number of likely N-dealkylation sites (tertiary alicyclic amines) is 1. The third kappa shape index (κ3) is 8.46. The second-order valence-corrected chi connectivity index (χ2v) is 14.5. The number of nitrogens with zero attached hydrogens (tertiary/aromatic N) is 3. The van der Waals surface area contributed by atoms with E-state index in [2.05, 4.69) is 40.5 Å². The Morgan fingerprint density at radius 2 is 1.88 bits per heavy atom. The number of hydrogen-bond acceptors (Lipinski definition) is 9. The van der Waals surface area contributed by atoms with Crippen molar-refractivity contribution in [2.45, 2.75) is 57.4 Å². The van der Waals surface area contributed by atoms with Crippen molar-refractivity contribution in [3.8, 4) is 34.4 Å². The molecule has 3 atom stereocenters. The number of carbonyl (C=O) groups is 1. The zero-order valence-electron chi connectivity index (χ0n) is 29.2. The highest BCUT2D eigenvalue weighted by Crippen LogP contribution is 2.45. The number of rotatable bonds is 14. The summed E-state index contributed by atoms with van der Waals surface area (Å²) in [6.45, 7) is 3.66. The van der Waals surface area contributed by atoms with Crippen LogP contribution in [0.25, 0.3) is 11.1 Å². The van der Waals surface area contributed by atoms with Gasteiger partial charge in [0.25, 0.3) is 0 Å². The van der Waals surface area contributed by atoms with Gasteiger partial charge in [0.2, 0.25) is 0 Å². The molecule has 6 rings (SSSR count). The van der Waals surface area contributed by atoms with Gasteiger partial charge in [-0.3, -0.25) is 15.1 Å². The van der Waals surface area contributed by atoms with E-state index in [1.165, 1.54) is 19.5 Å². The number of halogens is 2. The molecule has 272 valence electrons. The third-order valence-corrected chi connectivity index (χ3v) is 10.5. The van der Waals surface area contributed by atoms with Crippen molar-refractivity contribution in [1.82, 2.24) is 15.2 Å². The van der Waals surface area contributed by atoms with Crippen LogP contribution in [-0.2, 0) is 24.4 Å². The number of nitriles is 1. The summed E-state index contributed by atoms with van der Waals surface area (Å²) in [6, 6.07) is 19.2. The second kappa shape index (κ2) is 16.5. The molecule has 4 aromatic rings. The quantitative estimate of drug-likeness (QED) is 0.121. The Labute approximate surface area is 313 Å². The largest absolute Gasteiger partial charge is 0.492 e. The van der Waals surface area contributed by atoms with Gasteiger partial charge < -0.3 is 29.3 Å². The first-order valence-corrected chi connectivity index (χ1v) is 18.1. The predicted molar refractivity (Wildman–Crippen MR) is 199 cm³/mol. The molecule has 10 nitrogen and oxygen atoms in total. The molecule has 1 aromatic heterocycles. The molecule has 1 fully saturated rings. The number of aliphatic hydroxyl groups excluding tert-OH is 1. The Bertz CT molecular complexity index is 1970. The molecule has 1 saturated heterocycles. The fraction of sp³-hybridized carbons (Fsp3) is 0.375. The normalized spacial score (nSPS) is 18.2. The van der Waals surface area contributed by atoms with E-state index in [9.17, 15) is 20.3 Å². The average molecular weight is 746 g/mol. The van der Waals surface area contributed by atoms with Gasteiger partial charge in [-0.1, -0.05) is 53.5 Å². The molecule has 0 bridgehead atoms. The van der Waals surface area contributed by atoms with E-state index in [1.807, 2.05) is 24.3 Å². The number of aliphatic hydroxyl groups is 1. The van der Waals surface area contributed by atoms with Crippen LogP contribution in [0.15, 0.2) is 67.0 Å². The number of ether oxygens (including phenoxy) is 3. The smallest absolute Gasteiger partial charge is 0.326 e. The highest BCUT2D eigenvalue weighted by Gasteiger charge is 2.33. The molecule has 0 unspecified atom stereocenters. The summed E-state index contributed by atoms with van der Waals surface area (Å²) < 4.78 is 19.1. The Kier molecular flexibility index (Phi) is 11.9. The first kappa shape index (κ1) is 37.4. The third-order valence-electron chi connectivity index (χ3n) is 9.83. The molecule has 1 aliphatic heterocycles. The molecule has 2 aliphatic rings. The Morgan fingerprint density at radius 1 is 1.08 bits per heavy atom. The first-order valence-electron chi connectivity index (χ1n) is 17.4. The molecule has 0 radical (unpaired) electrons. The zero-order chi connectivity index (χ0) is 36.8. The zero-order valence-corrected chi connectivity index (χ0v) is 30.7. The fourth-order valence-corrected chi connectivity index (χ4v) is 7.32. The van der Waals surface area contributed by atoms with Gasteiger partial charge in [-0.05, 0) is 81.1 Å². The van der Waals surface area contributed by atoms with Crippen molar-refractivity contribution in [3.05, 3.63) is 105 Å². The number of carboxylic acids is 1. The summed E-state index contributed by atoms with van der Waals surface area (Å²) in [5.41, 5.74) is 4.18. The van der Waals surface area contributed by atoms with Crippen molar-refractivity contribution < 1.29 is 29.2 Å². The minimum Gasteiger partial charge on any atom is -0.492 e. The highest BCUT2D eigenvalue weighted by molar-refractivity contribution is 6.35. The number of nitrogens with one attached hydrogen (secondary N) is 1. The van der Waals surface area contributed by atoms with Crippen molar-refractivity contribution in [2.24, 2.45) is 5.92 Å². The lowest BCUT2D eigenvalue weighted by molar-refractivity contribution is -0.145. The van der Waals surface area contributed by atoms with E-state index in [0.29, 0.717) is 62.9 Å². The molecule has 0 amide bonds. The first-order chi connectivity index (χ1) is 25.1. The van der Waals surface area contributed by atoms with Gasteiger partial charge in [0.15, 0.2) is 0 Å². The number of hydrogen-bond donors (Lipinski definition) is 3. The average Bonchev–Trinajstić information content (AvgIpc) is 3.56. The monoisotopic (exact) mass is 744 g/mol. The number of benzene rings is 3. The number of aromatic nitrogens is 1. The maximum Gasteiger partial charge on any atom is 0.326 e. The van der Waals surface area contributed by atoms with Crippen LogP contribution < -0.4 is 19.5 Å². The molecule has 3 N–H and O–H groups in total. The number of aliphatic carboxylic acids is 1. The summed E-state index contributed by atoms with van der Waals surface area (Å²) in [6.07, 6.45) is 6.58. The van der Waals surface area contributed by atoms with Crippen molar-refractivity contribution >= 4 is 29.2 Å². The number of carboxylic acid groups (broad SMARTS) is 1. The second-order valence-electron chi connectivity index (χ2n) is 13.7. The Morgan fingerprint density at radius 3 is 2.65 bits per heavy atom. The van der Waals surface area contributed by atoms with Gasteiger partial charge >= 0.3 is 5.97 Å². The van der Waals surface area contributed by atoms with Crippen molar-refractivity contribution in [1.29, 1.82) is 5.26 Å². The van der Waals surface area contributed by atoms with Crippen LogP contribution in [0.4, 0.5) is 0 Å². The summed E-state index contributed by atoms with van der Waals surface area (Å²) in [5, 5.41) is 32.6. The standard InChI is InChI=1S/C40H42Cl2N4O6/c1-40(24-47,39(48)49)45-20-28-15-33(41)37(16-36(28)51-23-27-14-26(17-43)18-44-19-27)52-34-12-11-30-29(7-3-8-31(30)34)32-9-4-10-35(38(32)42)50-22-25-6-5-13-46(2)21-25/h3-4,7-10,14-16,18-19,25,34,45,47H,5-6,11-13,20-24H2,1-2H3,(H,48,49)/t25-,34+,40+/m0/s1. The summed E-state index contributed by atoms with van der Waals surface area (Å²) in [4.78, 5) is 18.3. The van der Waals surface area contributed by atoms with E-state index in [-0.39, 0.29) is 19.3 Å². The molecule has 12 heteroatoms. The lowest BCUT2D eigenvalue weighted by Crippen LogP contribution is -2.52.